The third-order valence-corrected chi connectivity index (χ3v) is 3.90. The second kappa shape index (κ2) is 7.91. The van der Waals surface area contributed by atoms with Gasteiger partial charge in [-0.15, -0.1) is 0 Å². The molecule has 0 spiro atoms. The molecule has 1 aromatic heterocycles. The molecular weight excluding hydrogens is 338 g/mol. The first-order chi connectivity index (χ1) is 12.6. The van der Waals surface area contributed by atoms with E-state index in [0.29, 0.717) is 5.69 Å². The Morgan fingerprint density at radius 3 is 2.50 bits per heavy atom. The Morgan fingerprint density at radius 1 is 1.15 bits per heavy atom. The number of carbonyl (C=O) groups is 1. The first-order valence-corrected chi connectivity index (χ1v) is 8.29. The summed E-state index contributed by atoms with van der Waals surface area (Å²) in [5.41, 5.74) is 1.35. The molecule has 1 heterocycles. The van der Waals surface area contributed by atoms with E-state index < -0.39 is 18.0 Å². The molecule has 0 saturated heterocycles. The molecule has 1 atom stereocenters. The number of alkyl halides is 1. The lowest BCUT2D eigenvalue weighted by molar-refractivity contribution is 0.0516. The second-order valence-electron chi connectivity index (χ2n) is 5.69. The van der Waals surface area contributed by atoms with Crippen molar-refractivity contribution in [1.29, 1.82) is 0 Å². The van der Waals surface area contributed by atoms with E-state index in [9.17, 15) is 13.6 Å². The minimum absolute atomic E-state index is 0.0727. The highest BCUT2D eigenvalue weighted by Gasteiger charge is 2.24. The first-order valence-electron chi connectivity index (χ1n) is 8.29. The first kappa shape index (κ1) is 17.8. The van der Waals surface area contributed by atoms with Crippen molar-refractivity contribution in [2.75, 3.05) is 6.61 Å². The largest absolute Gasteiger partial charge is 0.461 e. The van der Waals surface area contributed by atoms with Crippen molar-refractivity contribution in [3.8, 4) is 5.69 Å². The maximum Gasteiger partial charge on any atom is 0.356 e. The zero-order chi connectivity index (χ0) is 18.5. The Bertz CT molecular complexity index is 877. The van der Waals surface area contributed by atoms with E-state index in [4.69, 9.17) is 4.74 Å². The number of aromatic nitrogens is 2. The van der Waals surface area contributed by atoms with Gasteiger partial charge in [-0.2, -0.15) is 0 Å². The number of nitrogens with zero attached hydrogens (tertiary/aromatic N) is 2. The van der Waals surface area contributed by atoms with Crippen LogP contribution in [0, 0.1) is 5.82 Å². The Balaban J connectivity index is 2.01. The van der Waals surface area contributed by atoms with Gasteiger partial charge in [-0.3, -0.25) is 4.57 Å². The zero-order valence-electron chi connectivity index (χ0n) is 14.2. The van der Waals surface area contributed by atoms with Crippen LogP contribution in [0.5, 0.6) is 0 Å². The molecule has 0 aliphatic carbocycles. The molecule has 26 heavy (non-hydrogen) atoms. The number of ether oxygens (including phenoxy) is 1. The highest BCUT2D eigenvalue weighted by Crippen LogP contribution is 2.26. The fourth-order valence-electron chi connectivity index (χ4n) is 2.71. The van der Waals surface area contributed by atoms with Crippen molar-refractivity contribution in [3.05, 3.63) is 83.7 Å². The summed E-state index contributed by atoms with van der Waals surface area (Å²) in [5.74, 6) is -0.958. The van der Waals surface area contributed by atoms with Crippen molar-refractivity contribution < 1.29 is 18.3 Å². The van der Waals surface area contributed by atoms with E-state index in [-0.39, 0.29) is 24.5 Å². The van der Waals surface area contributed by atoms with Gasteiger partial charge in [-0.25, -0.2) is 18.6 Å². The van der Waals surface area contributed by atoms with Gasteiger partial charge >= 0.3 is 5.97 Å². The van der Waals surface area contributed by atoms with Crippen molar-refractivity contribution in [1.82, 2.24) is 9.55 Å². The molecule has 0 fully saturated rings. The lowest BCUT2D eigenvalue weighted by atomic mass is 10.1. The van der Waals surface area contributed by atoms with Crippen molar-refractivity contribution in [3.63, 3.8) is 0 Å². The van der Waals surface area contributed by atoms with E-state index in [0.717, 1.165) is 5.56 Å². The Hall–Kier alpha value is -3.02. The standard InChI is InChI=1S/C20H18F2N2O2/c1-2-26-20(25)18-13-23-19(17(22)12-14-6-4-3-5-7-14)24(18)16-10-8-15(21)9-11-16/h3-11,13,17H,2,12H2,1H3. The molecule has 0 amide bonds. The summed E-state index contributed by atoms with van der Waals surface area (Å²) in [4.78, 5) is 16.3. The van der Waals surface area contributed by atoms with Crippen LogP contribution in [0.15, 0.2) is 60.8 Å². The quantitative estimate of drug-likeness (QED) is 0.613. The van der Waals surface area contributed by atoms with Gasteiger partial charge in [0.2, 0.25) is 0 Å². The van der Waals surface area contributed by atoms with Crippen LogP contribution in [0.4, 0.5) is 8.78 Å². The van der Waals surface area contributed by atoms with Gasteiger partial charge in [0.25, 0.3) is 0 Å². The summed E-state index contributed by atoms with van der Waals surface area (Å²) >= 11 is 0. The number of imidazole rings is 1. The smallest absolute Gasteiger partial charge is 0.356 e. The normalized spacial score (nSPS) is 12.0. The summed E-state index contributed by atoms with van der Waals surface area (Å²) in [6.07, 6.45) is -0.0408. The summed E-state index contributed by atoms with van der Waals surface area (Å²) in [6, 6.07) is 14.6. The van der Waals surface area contributed by atoms with E-state index in [1.54, 1.807) is 6.92 Å². The topological polar surface area (TPSA) is 44.1 Å². The fourth-order valence-corrected chi connectivity index (χ4v) is 2.71. The second-order valence-corrected chi connectivity index (χ2v) is 5.69. The lowest BCUT2D eigenvalue weighted by Crippen LogP contribution is -2.14. The summed E-state index contributed by atoms with van der Waals surface area (Å²) < 4.78 is 34.7. The van der Waals surface area contributed by atoms with Gasteiger partial charge in [-0.1, -0.05) is 30.3 Å². The molecule has 0 bridgehead atoms. The molecule has 3 rings (SSSR count). The monoisotopic (exact) mass is 356 g/mol. The minimum Gasteiger partial charge on any atom is -0.461 e. The minimum atomic E-state index is -1.44. The Labute approximate surface area is 150 Å². The predicted molar refractivity (Wildman–Crippen MR) is 93.5 cm³/mol. The maximum atomic E-state index is 15.0. The van der Waals surface area contributed by atoms with Gasteiger partial charge in [0, 0.05) is 12.1 Å². The zero-order valence-corrected chi connectivity index (χ0v) is 14.2. The molecule has 0 radical (unpaired) electrons. The van der Waals surface area contributed by atoms with E-state index in [1.807, 2.05) is 30.3 Å². The predicted octanol–water partition coefficient (Wildman–Crippen LogP) is 4.44. The number of benzene rings is 2. The summed E-state index contributed by atoms with van der Waals surface area (Å²) in [7, 11) is 0. The molecule has 2 aromatic carbocycles. The van der Waals surface area contributed by atoms with Crippen molar-refractivity contribution in [2.45, 2.75) is 19.5 Å². The van der Waals surface area contributed by atoms with Crippen molar-refractivity contribution in [2.24, 2.45) is 0 Å². The molecule has 0 aliphatic heterocycles. The van der Waals surface area contributed by atoms with Gasteiger partial charge in [0.05, 0.1) is 12.8 Å². The van der Waals surface area contributed by atoms with Crippen LogP contribution in [-0.2, 0) is 11.2 Å². The third-order valence-electron chi connectivity index (χ3n) is 3.90. The SMILES string of the molecule is CCOC(=O)c1cnc(C(F)Cc2ccccc2)n1-c1ccc(F)cc1. The number of hydrogen-bond acceptors (Lipinski definition) is 3. The molecule has 0 N–H and O–H groups in total. The van der Waals surface area contributed by atoms with Crippen LogP contribution in [0.2, 0.25) is 0 Å². The number of halogens is 2. The van der Waals surface area contributed by atoms with Crippen molar-refractivity contribution >= 4 is 5.97 Å². The van der Waals surface area contributed by atoms with Crippen LogP contribution >= 0.6 is 0 Å². The lowest BCUT2D eigenvalue weighted by Gasteiger charge is -2.14. The van der Waals surface area contributed by atoms with Crippen LogP contribution < -0.4 is 0 Å². The van der Waals surface area contributed by atoms with E-state index in [1.165, 1.54) is 35.0 Å². The van der Waals surface area contributed by atoms with E-state index in [2.05, 4.69) is 4.98 Å². The molecular formula is C20H18F2N2O2. The molecule has 1 unspecified atom stereocenters. The molecule has 3 aromatic rings. The van der Waals surface area contributed by atoms with E-state index >= 15 is 0 Å². The number of rotatable bonds is 6. The number of carbonyl (C=O) groups excluding carboxylic acids is 1. The third kappa shape index (κ3) is 3.79. The highest BCUT2D eigenvalue weighted by molar-refractivity contribution is 5.88. The Kier molecular flexibility index (Phi) is 5.41. The van der Waals surface area contributed by atoms with Crippen LogP contribution in [0.1, 0.15) is 35.0 Å². The fraction of sp³-hybridized carbons (Fsp3) is 0.200. The molecule has 0 saturated carbocycles. The summed E-state index contributed by atoms with van der Waals surface area (Å²) in [6.45, 7) is 1.87. The highest BCUT2D eigenvalue weighted by atomic mass is 19.1. The molecule has 134 valence electrons. The molecule has 6 heteroatoms. The average molecular weight is 356 g/mol. The van der Waals surface area contributed by atoms with Crippen LogP contribution in [-0.4, -0.2) is 22.1 Å². The van der Waals surface area contributed by atoms with Gasteiger partial charge < -0.3 is 4.74 Å². The molecule has 4 nitrogen and oxygen atoms in total. The van der Waals surface area contributed by atoms with Gasteiger partial charge in [-0.05, 0) is 36.8 Å². The molecule has 0 aliphatic rings. The number of hydrogen-bond donors (Lipinski definition) is 0. The average Bonchev–Trinajstić information content (AvgIpc) is 3.09. The summed E-state index contributed by atoms with van der Waals surface area (Å²) in [5, 5.41) is 0. The van der Waals surface area contributed by atoms with Crippen LogP contribution in [0.3, 0.4) is 0 Å². The number of esters is 1. The van der Waals surface area contributed by atoms with Gasteiger partial charge in [0.15, 0.2) is 11.9 Å². The van der Waals surface area contributed by atoms with Crippen LogP contribution in [0.25, 0.3) is 5.69 Å². The maximum absolute atomic E-state index is 15.0. The Morgan fingerprint density at radius 2 is 1.85 bits per heavy atom. The van der Waals surface area contributed by atoms with Gasteiger partial charge in [0.1, 0.15) is 11.6 Å².